The van der Waals surface area contributed by atoms with Crippen molar-refractivity contribution < 1.29 is 4.92 Å². The van der Waals surface area contributed by atoms with Crippen LogP contribution in [0.25, 0.3) is 0 Å². The van der Waals surface area contributed by atoms with Crippen molar-refractivity contribution in [3.63, 3.8) is 0 Å². The highest BCUT2D eigenvalue weighted by Gasteiger charge is 2.08. The molecule has 0 atom stereocenters. The number of anilines is 1. The van der Waals surface area contributed by atoms with E-state index in [4.69, 9.17) is 5.73 Å². The van der Waals surface area contributed by atoms with Crippen LogP contribution < -0.4 is 5.73 Å². The van der Waals surface area contributed by atoms with E-state index in [1.54, 1.807) is 18.3 Å². The Bertz CT molecular complexity index is 522. The normalized spacial score (nSPS) is 10.2. The Morgan fingerprint density at radius 3 is 3.00 bits per heavy atom. The summed E-state index contributed by atoms with van der Waals surface area (Å²) in [6, 6.07) is 3.38. The lowest BCUT2D eigenvalue weighted by molar-refractivity contribution is -0.385. The van der Waals surface area contributed by atoms with Gasteiger partial charge in [0.05, 0.1) is 17.2 Å². The molecule has 0 aliphatic carbocycles. The third-order valence-corrected chi connectivity index (χ3v) is 2.00. The maximum absolute atomic E-state index is 10.4. The van der Waals surface area contributed by atoms with E-state index < -0.39 is 4.92 Å². The lowest BCUT2D eigenvalue weighted by Gasteiger charge is -2.00. The molecule has 16 heavy (non-hydrogen) atoms. The molecule has 0 unspecified atom stereocenters. The zero-order valence-electron chi connectivity index (χ0n) is 8.28. The SMILES string of the molecule is Nc1ccnc(Cn2cc([N+](=O)[O-])cn2)c1. The van der Waals surface area contributed by atoms with Crippen LogP contribution in [0.15, 0.2) is 30.7 Å². The summed E-state index contributed by atoms with van der Waals surface area (Å²) in [4.78, 5) is 14.0. The third kappa shape index (κ3) is 2.14. The summed E-state index contributed by atoms with van der Waals surface area (Å²) >= 11 is 0. The topological polar surface area (TPSA) is 99.9 Å². The molecule has 2 aromatic heterocycles. The van der Waals surface area contributed by atoms with Gasteiger partial charge in [0.25, 0.3) is 0 Å². The van der Waals surface area contributed by atoms with Gasteiger partial charge in [-0.2, -0.15) is 5.10 Å². The molecule has 7 nitrogen and oxygen atoms in total. The molecule has 0 radical (unpaired) electrons. The van der Waals surface area contributed by atoms with Crippen LogP contribution in [0.1, 0.15) is 5.69 Å². The molecule has 0 aliphatic heterocycles. The molecule has 0 saturated heterocycles. The number of nitro groups is 1. The second-order valence-electron chi connectivity index (χ2n) is 3.23. The molecule has 82 valence electrons. The van der Waals surface area contributed by atoms with Crippen LogP contribution in [0.3, 0.4) is 0 Å². The number of nitrogens with two attached hydrogens (primary N) is 1. The van der Waals surface area contributed by atoms with Gasteiger partial charge in [-0.3, -0.25) is 19.8 Å². The van der Waals surface area contributed by atoms with Crippen LogP contribution in [0.2, 0.25) is 0 Å². The van der Waals surface area contributed by atoms with Crippen molar-refractivity contribution in [1.29, 1.82) is 0 Å². The van der Waals surface area contributed by atoms with Crippen molar-refractivity contribution in [3.05, 3.63) is 46.5 Å². The Labute approximate surface area is 90.7 Å². The molecule has 0 aliphatic rings. The summed E-state index contributed by atoms with van der Waals surface area (Å²) in [5, 5.41) is 14.3. The first-order valence-electron chi connectivity index (χ1n) is 4.52. The highest BCUT2D eigenvalue weighted by Crippen LogP contribution is 2.10. The van der Waals surface area contributed by atoms with Gasteiger partial charge < -0.3 is 5.73 Å². The highest BCUT2D eigenvalue weighted by atomic mass is 16.6. The van der Waals surface area contributed by atoms with Gasteiger partial charge in [-0.25, -0.2) is 0 Å². The van der Waals surface area contributed by atoms with Crippen LogP contribution in [0.4, 0.5) is 11.4 Å². The molecule has 0 fully saturated rings. The largest absolute Gasteiger partial charge is 0.399 e. The Morgan fingerprint density at radius 1 is 1.56 bits per heavy atom. The van der Waals surface area contributed by atoms with Crippen molar-refractivity contribution in [1.82, 2.24) is 14.8 Å². The Morgan fingerprint density at radius 2 is 2.38 bits per heavy atom. The van der Waals surface area contributed by atoms with E-state index in [0.717, 1.165) is 0 Å². The number of nitrogens with zero attached hydrogens (tertiary/aromatic N) is 4. The van der Waals surface area contributed by atoms with E-state index in [9.17, 15) is 10.1 Å². The number of aromatic nitrogens is 3. The van der Waals surface area contributed by atoms with E-state index in [0.29, 0.717) is 17.9 Å². The minimum atomic E-state index is -0.490. The smallest absolute Gasteiger partial charge is 0.307 e. The molecule has 7 heteroatoms. The monoisotopic (exact) mass is 219 g/mol. The number of pyridine rings is 1. The predicted molar refractivity (Wildman–Crippen MR) is 56.6 cm³/mol. The van der Waals surface area contributed by atoms with E-state index in [-0.39, 0.29) is 5.69 Å². The summed E-state index contributed by atoms with van der Waals surface area (Å²) in [6.07, 6.45) is 4.14. The minimum absolute atomic E-state index is 0.0381. The average Bonchev–Trinajstić information content (AvgIpc) is 2.66. The van der Waals surface area contributed by atoms with Crippen LogP contribution in [0, 0.1) is 10.1 Å². The van der Waals surface area contributed by atoms with Gasteiger partial charge in [0, 0.05) is 11.9 Å². The van der Waals surface area contributed by atoms with Gasteiger partial charge in [0.1, 0.15) is 12.4 Å². The zero-order chi connectivity index (χ0) is 11.5. The minimum Gasteiger partial charge on any atom is -0.399 e. The lowest BCUT2D eigenvalue weighted by atomic mass is 10.3. The van der Waals surface area contributed by atoms with Crippen LogP contribution in [-0.4, -0.2) is 19.7 Å². The second kappa shape index (κ2) is 3.97. The number of hydrogen-bond acceptors (Lipinski definition) is 5. The predicted octanol–water partition coefficient (Wildman–Crippen LogP) is 0.817. The summed E-state index contributed by atoms with van der Waals surface area (Å²) < 4.78 is 1.44. The molecule has 2 N–H and O–H groups in total. The van der Waals surface area contributed by atoms with Crippen LogP contribution in [0.5, 0.6) is 0 Å². The molecule has 0 aromatic carbocycles. The Kier molecular flexibility index (Phi) is 2.50. The van der Waals surface area contributed by atoms with Crippen molar-refractivity contribution in [2.24, 2.45) is 0 Å². The number of nitrogen functional groups attached to an aromatic ring is 1. The third-order valence-electron chi connectivity index (χ3n) is 2.00. The molecule has 2 rings (SSSR count). The van der Waals surface area contributed by atoms with Crippen LogP contribution in [-0.2, 0) is 6.54 Å². The van der Waals surface area contributed by atoms with E-state index >= 15 is 0 Å². The molecule has 2 aromatic rings. The summed E-state index contributed by atoms with van der Waals surface area (Å²) in [7, 11) is 0. The van der Waals surface area contributed by atoms with Gasteiger partial charge in [0.2, 0.25) is 0 Å². The molecule has 2 heterocycles. The summed E-state index contributed by atoms with van der Waals surface area (Å²) in [5.41, 5.74) is 6.86. The van der Waals surface area contributed by atoms with Gasteiger partial charge in [-0.1, -0.05) is 0 Å². The standard InChI is InChI=1S/C9H9N5O2/c10-7-1-2-11-8(3-7)5-13-6-9(4-12-13)14(15)16/h1-4,6H,5H2,(H2,10,11). The molecular formula is C9H9N5O2. The van der Waals surface area contributed by atoms with Gasteiger partial charge >= 0.3 is 5.69 Å². The van der Waals surface area contributed by atoms with Gasteiger partial charge in [0.15, 0.2) is 0 Å². The van der Waals surface area contributed by atoms with Crippen molar-refractivity contribution >= 4 is 11.4 Å². The van der Waals surface area contributed by atoms with E-state index in [1.165, 1.54) is 17.1 Å². The van der Waals surface area contributed by atoms with Gasteiger partial charge in [-0.15, -0.1) is 0 Å². The molecular weight excluding hydrogens is 210 g/mol. The lowest BCUT2D eigenvalue weighted by Crippen LogP contribution is -2.02. The summed E-state index contributed by atoms with van der Waals surface area (Å²) in [6.45, 7) is 0.360. The maximum Gasteiger partial charge on any atom is 0.307 e. The van der Waals surface area contributed by atoms with Gasteiger partial charge in [-0.05, 0) is 12.1 Å². The molecule has 0 spiro atoms. The first-order valence-corrected chi connectivity index (χ1v) is 4.52. The van der Waals surface area contributed by atoms with E-state index in [1.807, 2.05) is 0 Å². The number of rotatable bonds is 3. The van der Waals surface area contributed by atoms with E-state index in [2.05, 4.69) is 10.1 Å². The average molecular weight is 219 g/mol. The maximum atomic E-state index is 10.4. The first-order chi connectivity index (χ1) is 7.65. The summed E-state index contributed by atoms with van der Waals surface area (Å²) in [5.74, 6) is 0. The van der Waals surface area contributed by atoms with Crippen molar-refractivity contribution in [3.8, 4) is 0 Å². The highest BCUT2D eigenvalue weighted by molar-refractivity contribution is 5.37. The van der Waals surface area contributed by atoms with Crippen LogP contribution >= 0.6 is 0 Å². The number of hydrogen-bond donors (Lipinski definition) is 1. The fourth-order valence-electron chi connectivity index (χ4n) is 1.28. The Hall–Kier alpha value is -2.44. The Balaban J connectivity index is 2.17. The molecule has 0 saturated carbocycles. The zero-order valence-corrected chi connectivity index (χ0v) is 8.28. The first kappa shape index (κ1) is 10.1. The molecule has 0 bridgehead atoms. The second-order valence-corrected chi connectivity index (χ2v) is 3.23. The van der Waals surface area contributed by atoms with Crippen molar-refractivity contribution in [2.75, 3.05) is 5.73 Å². The quantitative estimate of drug-likeness (QED) is 0.608. The molecule has 0 amide bonds. The van der Waals surface area contributed by atoms with Crippen molar-refractivity contribution in [2.45, 2.75) is 6.54 Å². The fourth-order valence-corrected chi connectivity index (χ4v) is 1.28. The fraction of sp³-hybridized carbons (Fsp3) is 0.111.